The van der Waals surface area contributed by atoms with Gasteiger partial charge in [0.25, 0.3) is 0 Å². The fourth-order valence-corrected chi connectivity index (χ4v) is 1.72. The molecule has 0 saturated heterocycles. The summed E-state index contributed by atoms with van der Waals surface area (Å²) in [7, 11) is 1.74. The van der Waals surface area contributed by atoms with Crippen LogP contribution in [0.4, 0.5) is 0 Å². The van der Waals surface area contributed by atoms with E-state index in [9.17, 15) is 4.79 Å². The minimum atomic E-state index is -0.413. The van der Waals surface area contributed by atoms with Gasteiger partial charge in [0.05, 0.1) is 18.0 Å². The molecule has 2 aromatic rings. The first kappa shape index (κ1) is 13.5. The van der Waals surface area contributed by atoms with Gasteiger partial charge in [-0.2, -0.15) is 5.10 Å². The SMILES string of the molecule is Cn1cc(C(=O)OCCOc2cncc(Br)c2)cn1. The van der Waals surface area contributed by atoms with E-state index < -0.39 is 5.97 Å². The zero-order chi connectivity index (χ0) is 13.7. The molecule has 0 aromatic carbocycles. The number of aromatic nitrogens is 3. The van der Waals surface area contributed by atoms with Gasteiger partial charge in [0.2, 0.25) is 0 Å². The summed E-state index contributed by atoms with van der Waals surface area (Å²) in [4.78, 5) is 15.5. The third-order valence-corrected chi connectivity index (χ3v) is 2.64. The van der Waals surface area contributed by atoms with Crippen LogP contribution in [-0.2, 0) is 11.8 Å². The lowest BCUT2D eigenvalue weighted by atomic mass is 10.4. The lowest BCUT2D eigenvalue weighted by Gasteiger charge is -2.06. The molecule has 0 fully saturated rings. The molecule has 0 N–H and O–H groups in total. The van der Waals surface area contributed by atoms with Gasteiger partial charge in [-0.15, -0.1) is 0 Å². The van der Waals surface area contributed by atoms with Crippen molar-refractivity contribution < 1.29 is 14.3 Å². The Morgan fingerprint density at radius 3 is 2.89 bits per heavy atom. The highest BCUT2D eigenvalue weighted by atomic mass is 79.9. The van der Waals surface area contributed by atoms with Gasteiger partial charge < -0.3 is 9.47 Å². The highest BCUT2D eigenvalue weighted by Crippen LogP contribution is 2.15. The van der Waals surface area contributed by atoms with Gasteiger partial charge in [0.15, 0.2) is 0 Å². The van der Waals surface area contributed by atoms with Crippen molar-refractivity contribution in [3.63, 3.8) is 0 Å². The number of nitrogens with zero attached hydrogens (tertiary/aromatic N) is 3. The van der Waals surface area contributed by atoms with Gasteiger partial charge in [-0.1, -0.05) is 0 Å². The van der Waals surface area contributed by atoms with Crippen LogP contribution in [0.3, 0.4) is 0 Å². The molecular formula is C12H12BrN3O3. The number of pyridine rings is 1. The maximum Gasteiger partial charge on any atom is 0.341 e. The minimum absolute atomic E-state index is 0.167. The summed E-state index contributed by atoms with van der Waals surface area (Å²) in [6, 6.07) is 1.79. The maximum absolute atomic E-state index is 11.6. The topological polar surface area (TPSA) is 66.2 Å². The second-order valence-electron chi connectivity index (χ2n) is 3.73. The van der Waals surface area contributed by atoms with E-state index in [-0.39, 0.29) is 13.2 Å². The van der Waals surface area contributed by atoms with E-state index in [0.29, 0.717) is 11.3 Å². The summed E-state index contributed by atoms with van der Waals surface area (Å²) in [6.07, 6.45) is 6.31. The third kappa shape index (κ3) is 4.06. The number of carbonyl (C=O) groups is 1. The molecule has 100 valence electrons. The van der Waals surface area contributed by atoms with Crippen LogP contribution in [0.1, 0.15) is 10.4 Å². The first-order chi connectivity index (χ1) is 9.15. The average molecular weight is 326 g/mol. The van der Waals surface area contributed by atoms with Gasteiger partial charge in [-0.25, -0.2) is 4.79 Å². The van der Waals surface area contributed by atoms with Gasteiger partial charge in [-0.3, -0.25) is 9.67 Å². The summed E-state index contributed by atoms with van der Waals surface area (Å²) in [5.41, 5.74) is 0.423. The Labute approximate surface area is 118 Å². The molecule has 0 unspecified atom stereocenters. The van der Waals surface area contributed by atoms with E-state index in [1.807, 2.05) is 0 Å². The summed E-state index contributed by atoms with van der Waals surface area (Å²) in [5, 5.41) is 3.89. The van der Waals surface area contributed by atoms with Crippen molar-refractivity contribution in [2.24, 2.45) is 7.05 Å². The van der Waals surface area contributed by atoms with Crippen molar-refractivity contribution in [3.05, 3.63) is 40.9 Å². The molecule has 0 spiro atoms. The Kier molecular flexibility index (Phi) is 4.51. The van der Waals surface area contributed by atoms with Crippen LogP contribution in [0, 0.1) is 0 Å². The summed E-state index contributed by atoms with van der Waals surface area (Å²) in [6.45, 7) is 0.435. The minimum Gasteiger partial charge on any atom is -0.488 e. The monoisotopic (exact) mass is 325 g/mol. The number of rotatable bonds is 5. The molecule has 2 heterocycles. The standard InChI is InChI=1S/C12H12BrN3O3/c1-16-8-9(5-15-16)12(17)19-3-2-18-11-4-10(13)6-14-7-11/h4-8H,2-3H2,1H3. The maximum atomic E-state index is 11.6. The number of hydrogen-bond acceptors (Lipinski definition) is 5. The first-order valence-corrected chi connectivity index (χ1v) is 6.33. The molecule has 0 atom stereocenters. The second kappa shape index (κ2) is 6.33. The van der Waals surface area contributed by atoms with Crippen LogP contribution >= 0.6 is 15.9 Å². The van der Waals surface area contributed by atoms with Crippen molar-refractivity contribution in [1.82, 2.24) is 14.8 Å². The van der Waals surface area contributed by atoms with E-state index >= 15 is 0 Å². The van der Waals surface area contributed by atoms with Gasteiger partial charge >= 0.3 is 5.97 Å². The predicted octanol–water partition coefficient (Wildman–Crippen LogP) is 1.81. The van der Waals surface area contributed by atoms with Crippen molar-refractivity contribution in [1.29, 1.82) is 0 Å². The van der Waals surface area contributed by atoms with Crippen molar-refractivity contribution in [2.45, 2.75) is 0 Å². The zero-order valence-electron chi connectivity index (χ0n) is 10.2. The summed E-state index contributed by atoms with van der Waals surface area (Å²) < 4.78 is 12.8. The van der Waals surface area contributed by atoms with E-state index in [2.05, 4.69) is 26.0 Å². The lowest BCUT2D eigenvalue weighted by Crippen LogP contribution is -2.12. The van der Waals surface area contributed by atoms with Crippen LogP contribution in [0.15, 0.2) is 35.3 Å². The predicted molar refractivity (Wildman–Crippen MR) is 70.9 cm³/mol. The van der Waals surface area contributed by atoms with E-state index in [4.69, 9.17) is 9.47 Å². The summed E-state index contributed by atoms with van der Waals surface area (Å²) in [5.74, 6) is 0.205. The van der Waals surface area contributed by atoms with E-state index in [1.54, 1.807) is 36.4 Å². The lowest BCUT2D eigenvalue weighted by molar-refractivity contribution is 0.0450. The van der Waals surface area contributed by atoms with Crippen molar-refractivity contribution in [2.75, 3.05) is 13.2 Å². The third-order valence-electron chi connectivity index (χ3n) is 2.21. The quantitative estimate of drug-likeness (QED) is 0.619. The van der Waals surface area contributed by atoms with Gasteiger partial charge in [-0.05, 0) is 22.0 Å². The molecule has 0 amide bonds. The van der Waals surface area contributed by atoms with E-state index in [1.165, 1.54) is 6.20 Å². The number of esters is 1. The van der Waals surface area contributed by atoms with Crippen LogP contribution < -0.4 is 4.74 Å². The van der Waals surface area contributed by atoms with Crippen LogP contribution in [0.25, 0.3) is 0 Å². The van der Waals surface area contributed by atoms with Gasteiger partial charge in [0, 0.05) is 23.9 Å². The number of ether oxygens (including phenoxy) is 2. The van der Waals surface area contributed by atoms with E-state index in [0.717, 1.165) is 4.47 Å². The Morgan fingerprint density at radius 1 is 1.37 bits per heavy atom. The highest BCUT2D eigenvalue weighted by molar-refractivity contribution is 9.10. The Balaban J connectivity index is 1.74. The fraction of sp³-hybridized carbons (Fsp3) is 0.250. The normalized spacial score (nSPS) is 10.2. The molecule has 2 aromatic heterocycles. The molecule has 0 aliphatic rings. The molecule has 0 saturated carbocycles. The molecule has 6 nitrogen and oxygen atoms in total. The second-order valence-corrected chi connectivity index (χ2v) is 4.64. The highest BCUT2D eigenvalue weighted by Gasteiger charge is 2.08. The molecule has 0 radical (unpaired) electrons. The fourth-order valence-electron chi connectivity index (χ4n) is 1.38. The largest absolute Gasteiger partial charge is 0.488 e. The number of hydrogen-bond donors (Lipinski definition) is 0. The Hall–Kier alpha value is -1.89. The average Bonchev–Trinajstić information content (AvgIpc) is 2.81. The molecule has 0 aliphatic carbocycles. The van der Waals surface area contributed by atoms with Crippen LogP contribution in [0.2, 0.25) is 0 Å². The molecule has 0 bridgehead atoms. The first-order valence-electron chi connectivity index (χ1n) is 5.54. The molecule has 0 aliphatic heterocycles. The van der Waals surface area contributed by atoms with Crippen LogP contribution in [0.5, 0.6) is 5.75 Å². The smallest absolute Gasteiger partial charge is 0.341 e. The van der Waals surface area contributed by atoms with Gasteiger partial charge in [0.1, 0.15) is 19.0 Å². The van der Waals surface area contributed by atoms with Crippen molar-refractivity contribution in [3.8, 4) is 5.75 Å². The zero-order valence-corrected chi connectivity index (χ0v) is 11.8. The Bertz CT molecular complexity index is 571. The molecule has 7 heteroatoms. The number of halogens is 1. The summed E-state index contributed by atoms with van der Waals surface area (Å²) >= 11 is 3.29. The Morgan fingerprint density at radius 2 is 2.21 bits per heavy atom. The van der Waals surface area contributed by atoms with Crippen molar-refractivity contribution >= 4 is 21.9 Å². The molecule has 2 rings (SSSR count). The number of carbonyl (C=O) groups excluding carboxylic acids is 1. The van der Waals surface area contributed by atoms with Crippen LogP contribution in [-0.4, -0.2) is 33.9 Å². The molecule has 19 heavy (non-hydrogen) atoms. The molecular weight excluding hydrogens is 314 g/mol. The number of aryl methyl sites for hydroxylation is 1.